The molecule has 4 atom stereocenters. The quantitative estimate of drug-likeness (QED) is 0.158. The van der Waals surface area contributed by atoms with Gasteiger partial charge in [-0.3, -0.25) is 19.2 Å². The maximum atomic E-state index is 13.0. The van der Waals surface area contributed by atoms with Crippen molar-refractivity contribution in [2.45, 2.75) is 160 Å². The van der Waals surface area contributed by atoms with Crippen molar-refractivity contribution < 1.29 is 38.9 Å². The van der Waals surface area contributed by atoms with Crippen molar-refractivity contribution in [3.8, 4) is 17.2 Å². The van der Waals surface area contributed by atoms with Crippen molar-refractivity contribution >= 4 is 46.4 Å². The van der Waals surface area contributed by atoms with Gasteiger partial charge < -0.3 is 39.7 Å². The Morgan fingerprint density at radius 1 is 0.394 bits per heavy atom. The van der Waals surface area contributed by atoms with Gasteiger partial charge in [0.25, 0.3) is 0 Å². The Bertz CT molecular complexity index is 3540. The largest absolute Gasteiger partial charge is 0.508 e. The van der Waals surface area contributed by atoms with E-state index >= 15 is 0 Å². The van der Waals surface area contributed by atoms with Crippen LogP contribution in [0.3, 0.4) is 0 Å². The molecule has 4 amide bonds. The van der Waals surface area contributed by atoms with Gasteiger partial charge in [-0.05, 0) is 89.2 Å². The van der Waals surface area contributed by atoms with E-state index < -0.39 is 21.7 Å². The highest BCUT2D eigenvalue weighted by Crippen LogP contribution is 2.53. The van der Waals surface area contributed by atoms with Crippen LogP contribution >= 0.6 is 0 Å². The molecule has 0 aliphatic carbocycles. The molecular formula is C82H110N4O8. The highest BCUT2D eigenvalue weighted by molar-refractivity contribution is 6.13. The van der Waals surface area contributed by atoms with Crippen LogP contribution in [0.15, 0.2) is 194 Å². The summed E-state index contributed by atoms with van der Waals surface area (Å²) in [4.78, 5) is 56.0. The number of ether oxygens (including phenoxy) is 2. The second-order valence-electron chi connectivity index (χ2n) is 20.2. The first-order valence-corrected chi connectivity index (χ1v) is 33.8. The first-order chi connectivity index (χ1) is 45.3. The summed E-state index contributed by atoms with van der Waals surface area (Å²) >= 11 is 0. The van der Waals surface area contributed by atoms with Gasteiger partial charge in [-0.2, -0.15) is 0 Å². The number of rotatable bonds is 4. The standard InChI is InChI=1S/C18H19NO.C16H15NO3.C16H13NO2.C15H11NO2.8C2H6.CH4/c1-4-18(14-10-6-5-9-13(14)2)15-11-7-8-12-16(15)19(3)17(18)20;1-17-13-8-4-2-6-11(13)16(10-18,15(17)20)12-7-3-5-9-14(12)19;1-17-13-8-4-2-6-11(13)16(15(17)18)10-19-14-9-5-3-7-12(14)16;17-14-15(10-5-1-3-7-12(10)16-14)9-18-13-8-4-2-6-11(13)15;8*1-2;/h5-12H,4H2,1-3H3;2-9,18-19H,10H2,1H3;2-9H,10H2,1H3;1-8H,9H2,(H,16,17);8*1-2H3;1H4/t18-;2*16-;15-;;;;;;;;;/m1000........./s1. The zero-order chi connectivity index (χ0) is 69.9. The van der Waals surface area contributed by atoms with Gasteiger partial charge in [0, 0.05) is 60.6 Å². The van der Waals surface area contributed by atoms with Gasteiger partial charge in [0.1, 0.15) is 52.1 Å². The summed E-state index contributed by atoms with van der Waals surface area (Å²) in [6.07, 6.45) is 0.776. The van der Waals surface area contributed by atoms with E-state index in [1.54, 1.807) is 35.0 Å². The Labute approximate surface area is 565 Å². The van der Waals surface area contributed by atoms with Crippen LogP contribution in [0, 0.1) is 6.92 Å². The van der Waals surface area contributed by atoms with E-state index in [1.807, 2.05) is 277 Å². The van der Waals surface area contributed by atoms with Crippen LogP contribution in [0.25, 0.3) is 0 Å². The molecule has 0 fully saturated rings. The van der Waals surface area contributed by atoms with Crippen molar-refractivity contribution in [1.29, 1.82) is 0 Å². The number of aliphatic hydroxyl groups is 1. The number of benzene rings is 8. The number of para-hydroxylation sites is 7. The van der Waals surface area contributed by atoms with E-state index in [-0.39, 0.29) is 43.4 Å². The Hall–Kier alpha value is -9.00. The Kier molecular flexibility index (Phi) is 33.0. The minimum atomic E-state index is -1.23. The lowest BCUT2D eigenvalue weighted by atomic mass is 9.72. The molecular weight excluding hydrogens is 1170 g/mol. The third kappa shape index (κ3) is 14.4. The molecule has 8 aromatic rings. The summed E-state index contributed by atoms with van der Waals surface area (Å²) in [6.45, 7) is 36.6. The van der Waals surface area contributed by atoms with E-state index in [0.29, 0.717) is 18.8 Å². The number of nitrogens with zero attached hydrogens (tertiary/aromatic N) is 3. The van der Waals surface area contributed by atoms with Crippen LogP contribution in [0.5, 0.6) is 17.2 Å². The number of carbonyl (C=O) groups excluding carboxylic acids is 4. The normalized spacial score (nSPS) is 18.7. The summed E-state index contributed by atoms with van der Waals surface area (Å²) in [6, 6.07) is 61.7. The van der Waals surface area contributed by atoms with Gasteiger partial charge in [-0.15, -0.1) is 0 Å². The van der Waals surface area contributed by atoms with Gasteiger partial charge in [-0.25, -0.2) is 0 Å². The van der Waals surface area contributed by atoms with Crippen LogP contribution in [-0.2, 0) is 40.8 Å². The molecule has 12 nitrogen and oxygen atoms in total. The molecule has 2 spiro atoms. The number of fused-ring (bicyclic) bond motifs is 10. The average Bonchev–Trinajstić information content (AvgIpc) is 1.57. The number of likely N-dealkylation sites (N-methyl/N-ethyl adjacent to an activating group) is 3. The van der Waals surface area contributed by atoms with Gasteiger partial charge in [0.05, 0.1) is 6.61 Å². The molecule has 506 valence electrons. The molecule has 0 aromatic heterocycles. The SMILES string of the molecule is C.CC.CC.CC.CC.CC.CC.CC.CC.CC[C@]1(c2ccccc2C)C(=O)N(C)c2ccccc21.CN1C(=O)[C@@]2(COc3ccccc32)c2ccccc21.CN1C(=O)[C@](CO)(c2ccccc2O)c2ccccc21.O=C1Nc2ccccc2[C@]12COc1ccccc12. The van der Waals surface area contributed by atoms with Crippen LogP contribution in [0.1, 0.15) is 182 Å². The molecule has 94 heavy (non-hydrogen) atoms. The minimum absolute atomic E-state index is 0. The molecule has 6 aliphatic rings. The lowest BCUT2D eigenvalue weighted by molar-refractivity contribution is -0.123. The Morgan fingerprint density at radius 3 is 1.18 bits per heavy atom. The maximum absolute atomic E-state index is 13.0. The molecule has 0 saturated carbocycles. The number of phenols is 1. The van der Waals surface area contributed by atoms with Gasteiger partial charge in [-0.1, -0.05) is 277 Å². The van der Waals surface area contributed by atoms with E-state index in [4.69, 9.17) is 9.47 Å². The number of phenolic OH excluding ortho intramolecular Hbond substituents is 1. The Morgan fingerprint density at radius 2 is 0.723 bits per heavy atom. The molecule has 6 aliphatic heterocycles. The maximum Gasteiger partial charge on any atom is 0.245 e. The van der Waals surface area contributed by atoms with E-state index in [2.05, 4.69) is 37.4 Å². The fraction of sp³-hybridized carbons (Fsp3) is 0.366. The third-order valence-electron chi connectivity index (χ3n) is 16.5. The molecule has 0 saturated heterocycles. The smallest absolute Gasteiger partial charge is 0.245 e. The summed E-state index contributed by atoms with van der Waals surface area (Å²) in [5, 5.41) is 23.0. The van der Waals surface area contributed by atoms with Gasteiger partial charge in [0.15, 0.2) is 0 Å². The number of nitrogens with one attached hydrogen (secondary N) is 1. The highest BCUT2D eigenvalue weighted by atomic mass is 16.5. The number of amides is 4. The van der Waals surface area contributed by atoms with Crippen LogP contribution in [0.4, 0.5) is 22.7 Å². The van der Waals surface area contributed by atoms with Crippen molar-refractivity contribution in [2.24, 2.45) is 0 Å². The number of hydrogen-bond donors (Lipinski definition) is 3. The zero-order valence-corrected chi connectivity index (χ0v) is 59.5. The molecule has 3 N–H and O–H groups in total. The van der Waals surface area contributed by atoms with Gasteiger partial charge in [0.2, 0.25) is 23.6 Å². The van der Waals surface area contributed by atoms with E-state index in [9.17, 15) is 29.4 Å². The molecule has 14 rings (SSSR count). The minimum Gasteiger partial charge on any atom is -0.508 e. The van der Waals surface area contributed by atoms with Crippen molar-refractivity contribution in [1.82, 2.24) is 0 Å². The second-order valence-corrected chi connectivity index (χ2v) is 20.2. The van der Waals surface area contributed by atoms with Crippen molar-refractivity contribution in [3.05, 3.63) is 244 Å². The molecule has 0 unspecified atom stereocenters. The fourth-order valence-corrected chi connectivity index (χ4v) is 12.6. The molecule has 6 heterocycles. The predicted octanol–water partition coefficient (Wildman–Crippen LogP) is 18.8. The zero-order valence-electron chi connectivity index (χ0n) is 59.5. The monoisotopic (exact) mass is 1280 g/mol. The number of aromatic hydroxyl groups is 1. The number of anilines is 4. The summed E-state index contributed by atoms with van der Waals surface area (Å²) in [5.74, 6) is 1.69. The van der Waals surface area contributed by atoms with Crippen molar-refractivity contribution in [2.75, 3.05) is 61.0 Å². The number of carbonyl (C=O) groups is 4. The van der Waals surface area contributed by atoms with Gasteiger partial charge >= 0.3 is 0 Å². The summed E-state index contributed by atoms with van der Waals surface area (Å²) in [7, 11) is 5.38. The average molecular weight is 1280 g/mol. The molecule has 12 heteroatoms. The topological polar surface area (TPSA) is 149 Å². The summed E-state index contributed by atoms with van der Waals surface area (Å²) in [5.41, 5.74) is 9.19. The summed E-state index contributed by atoms with van der Waals surface area (Å²) < 4.78 is 11.5. The number of aliphatic hydroxyl groups excluding tert-OH is 1. The van der Waals surface area contributed by atoms with Crippen molar-refractivity contribution in [3.63, 3.8) is 0 Å². The lowest BCUT2D eigenvalue weighted by Crippen LogP contribution is -2.42. The second kappa shape index (κ2) is 38.2. The van der Waals surface area contributed by atoms with Crippen LogP contribution < -0.4 is 29.5 Å². The predicted molar refractivity (Wildman–Crippen MR) is 396 cm³/mol. The number of aryl methyl sites for hydroxylation is 1. The molecule has 8 aromatic carbocycles. The Balaban J connectivity index is 0.000000396. The van der Waals surface area contributed by atoms with Crippen LogP contribution in [-0.4, -0.2) is 74.8 Å². The highest BCUT2D eigenvalue weighted by Gasteiger charge is 2.57. The van der Waals surface area contributed by atoms with Crippen LogP contribution in [0.2, 0.25) is 0 Å². The first kappa shape index (κ1) is 81.1. The molecule has 0 bridgehead atoms. The van der Waals surface area contributed by atoms with E-state index in [0.717, 1.165) is 79.6 Å². The first-order valence-electron chi connectivity index (χ1n) is 33.8. The number of hydrogen-bond acceptors (Lipinski definition) is 8. The lowest BCUT2D eigenvalue weighted by Gasteiger charge is -2.29. The fourth-order valence-electron chi connectivity index (χ4n) is 12.6. The van der Waals surface area contributed by atoms with E-state index in [1.165, 1.54) is 16.5 Å². The third-order valence-corrected chi connectivity index (χ3v) is 16.5. The molecule has 0 radical (unpaired) electrons.